The second-order valence-electron chi connectivity index (χ2n) is 5.09. The molecule has 18 heavy (non-hydrogen) atoms. The van der Waals surface area contributed by atoms with E-state index in [0.29, 0.717) is 6.54 Å². The van der Waals surface area contributed by atoms with E-state index in [1.54, 1.807) is 0 Å². The molecule has 3 nitrogen and oxygen atoms in total. The summed E-state index contributed by atoms with van der Waals surface area (Å²) in [4.78, 5) is 12.9. The van der Waals surface area contributed by atoms with Gasteiger partial charge in [-0.25, -0.2) is 0 Å². The first-order chi connectivity index (χ1) is 7.80. The van der Waals surface area contributed by atoms with Crippen LogP contribution in [0.3, 0.4) is 0 Å². The molecule has 1 heterocycles. The Kier molecular flexibility index (Phi) is 7.22. The highest BCUT2D eigenvalue weighted by atomic mass is 35.5. The summed E-state index contributed by atoms with van der Waals surface area (Å²) in [6.45, 7) is 6.46. The number of nitrogens with two attached hydrogens (primary N) is 1. The minimum atomic E-state index is -0.477. The third-order valence-electron chi connectivity index (χ3n) is 2.51. The minimum absolute atomic E-state index is 0. The van der Waals surface area contributed by atoms with E-state index in [9.17, 15) is 4.79 Å². The Morgan fingerprint density at radius 1 is 1.50 bits per heavy atom. The summed E-state index contributed by atoms with van der Waals surface area (Å²) in [6, 6.07) is 3.36. The van der Waals surface area contributed by atoms with Crippen molar-refractivity contribution in [2.24, 2.45) is 11.1 Å². The standard InChI is InChI=1S/C12H19ClN2OS.ClH/c1-12(2,3)10(14)11(16)15-7-6-8-4-5-9(13)17-8;/h4-5,10H,6-7,14H2,1-3H3,(H,15,16);1H/t10-;/m1./s1. The molecule has 0 saturated heterocycles. The number of nitrogens with one attached hydrogen (secondary N) is 1. The topological polar surface area (TPSA) is 55.1 Å². The number of rotatable bonds is 4. The molecular weight excluding hydrogens is 291 g/mol. The van der Waals surface area contributed by atoms with Gasteiger partial charge in [-0.1, -0.05) is 32.4 Å². The molecule has 0 saturated carbocycles. The van der Waals surface area contributed by atoms with Crippen molar-refractivity contribution in [1.29, 1.82) is 0 Å². The monoisotopic (exact) mass is 310 g/mol. The van der Waals surface area contributed by atoms with Crippen molar-refractivity contribution in [3.8, 4) is 0 Å². The molecule has 0 bridgehead atoms. The van der Waals surface area contributed by atoms with Gasteiger partial charge in [0, 0.05) is 11.4 Å². The fourth-order valence-corrected chi connectivity index (χ4v) is 2.39. The van der Waals surface area contributed by atoms with Crippen LogP contribution >= 0.6 is 35.3 Å². The molecule has 0 radical (unpaired) electrons. The Morgan fingerprint density at radius 2 is 2.11 bits per heavy atom. The maximum Gasteiger partial charge on any atom is 0.237 e. The third kappa shape index (κ3) is 5.57. The Labute approximate surface area is 123 Å². The summed E-state index contributed by atoms with van der Waals surface area (Å²) in [7, 11) is 0. The molecule has 6 heteroatoms. The smallest absolute Gasteiger partial charge is 0.237 e. The van der Waals surface area contributed by atoms with Gasteiger partial charge in [0.05, 0.1) is 10.4 Å². The Morgan fingerprint density at radius 3 is 2.56 bits per heavy atom. The summed E-state index contributed by atoms with van der Waals surface area (Å²) < 4.78 is 0.776. The van der Waals surface area contributed by atoms with Gasteiger partial charge in [-0.05, 0) is 24.0 Å². The molecule has 0 spiro atoms. The van der Waals surface area contributed by atoms with Gasteiger partial charge in [0.15, 0.2) is 0 Å². The molecule has 0 unspecified atom stereocenters. The molecule has 1 atom stereocenters. The van der Waals surface area contributed by atoms with Gasteiger partial charge in [-0.15, -0.1) is 23.7 Å². The second-order valence-corrected chi connectivity index (χ2v) is 6.89. The highest BCUT2D eigenvalue weighted by Gasteiger charge is 2.26. The van der Waals surface area contributed by atoms with Crippen LogP contribution in [0.1, 0.15) is 25.6 Å². The van der Waals surface area contributed by atoms with Crippen molar-refractivity contribution in [3.63, 3.8) is 0 Å². The maximum absolute atomic E-state index is 11.7. The molecule has 1 aromatic heterocycles. The normalized spacial score (nSPS) is 12.7. The van der Waals surface area contributed by atoms with Gasteiger partial charge in [0.2, 0.25) is 5.91 Å². The van der Waals surface area contributed by atoms with Crippen molar-refractivity contribution < 1.29 is 4.79 Å². The lowest BCUT2D eigenvalue weighted by molar-refractivity contribution is -0.124. The molecular formula is C12H20Cl2N2OS. The molecule has 104 valence electrons. The van der Waals surface area contributed by atoms with Crippen LogP contribution in [-0.2, 0) is 11.2 Å². The lowest BCUT2D eigenvalue weighted by Gasteiger charge is -2.25. The van der Waals surface area contributed by atoms with Crippen LogP contribution in [0.25, 0.3) is 0 Å². The summed E-state index contributed by atoms with van der Waals surface area (Å²) >= 11 is 7.36. The number of thiophene rings is 1. The van der Waals surface area contributed by atoms with E-state index in [0.717, 1.165) is 10.8 Å². The molecule has 1 rings (SSSR count). The first kappa shape index (κ1) is 17.7. The Balaban J connectivity index is 0.00000289. The van der Waals surface area contributed by atoms with Crippen LogP contribution < -0.4 is 11.1 Å². The van der Waals surface area contributed by atoms with Crippen LogP contribution in [0.2, 0.25) is 4.34 Å². The number of carbonyl (C=O) groups is 1. The predicted molar refractivity (Wildman–Crippen MR) is 80.7 cm³/mol. The van der Waals surface area contributed by atoms with Crippen molar-refractivity contribution >= 4 is 41.3 Å². The van der Waals surface area contributed by atoms with Gasteiger partial charge in [0.1, 0.15) is 0 Å². The zero-order chi connectivity index (χ0) is 13.1. The van der Waals surface area contributed by atoms with Crippen LogP contribution in [-0.4, -0.2) is 18.5 Å². The Hall–Kier alpha value is -0.290. The summed E-state index contributed by atoms with van der Waals surface area (Å²) in [5.41, 5.74) is 5.64. The lowest BCUT2D eigenvalue weighted by Crippen LogP contribution is -2.48. The number of halogens is 2. The summed E-state index contributed by atoms with van der Waals surface area (Å²) in [5, 5.41) is 2.85. The van der Waals surface area contributed by atoms with Gasteiger partial charge in [-0.2, -0.15) is 0 Å². The largest absolute Gasteiger partial charge is 0.354 e. The van der Waals surface area contributed by atoms with E-state index in [1.165, 1.54) is 16.2 Å². The Bertz CT molecular complexity index is 388. The summed E-state index contributed by atoms with van der Waals surface area (Å²) in [5.74, 6) is -0.0971. The van der Waals surface area contributed by atoms with Crippen LogP contribution in [0, 0.1) is 5.41 Å². The van der Waals surface area contributed by atoms with E-state index < -0.39 is 6.04 Å². The third-order valence-corrected chi connectivity index (χ3v) is 3.81. The van der Waals surface area contributed by atoms with Crippen LogP contribution in [0.15, 0.2) is 12.1 Å². The van der Waals surface area contributed by atoms with Gasteiger partial charge in [0.25, 0.3) is 0 Å². The quantitative estimate of drug-likeness (QED) is 0.898. The van der Waals surface area contributed by atoms with Crippen molar-refractivity contribution in [2.75, 3.05) is 6.54 Å². The van der Waals surface area contributed by atoms with Crippen molar-refractivity contribution in [2.45, 2.75) is 33.2 Å². The summed E-state index contributed by atoms with van der Waals surface area (Å²) in [6.07, 6.45) is 0.792. The minimum Gasteiger partial charge on any atom is -0.354 e. The molecule has 1 aromatic rings. The van der Waals surface area contributed by atoms with Crippen molar-refractivity contribution in [3.05, 3.63) is 21.3 Å². The molecule has 0 aliphatic carbocycles. The highest BCUT2D eigenvalue weighted by Crippen LogP contribution is 2.21. The zero-order valence-electron chi connectivity index (χ0n) is 10.8. The van der Waals surface area contributed by atoms with Crippen LogP contribution in [0.5, 0.6) is 0 Å². The number of hydrogen-bond donors (Lipinski definition) is 2. The molecule has 0 aliphatic heterocycles. The maximum atomic E-state index is 11.7. The van der Waals surface area contributed by atoms with E-state index in [2.05, 4.69) is 5.32 Å². The molecule has 3 N–H and O–H groups in total. The van der Waals surface area contributed by atoms with E-state index in [4.69, 9.17) is 17.3 Å². The second kappa shape index (κ2) is 7.34. The SMILES string of the molecule is CC(C)(C)[C@H](N)C(=O)NCCc1ccc(Cl)s1.Cl. The van der Waals surface area contributed by atoms with E-state index >= 15 is 0 Å². The lowest BCUT2D eigenvalue weighted by atomic mass is 9.87. The van der Waals surface area contributed by atoms with E-state index in [1.807, 2.05) is 32.9 Å². The first-order valence-electron chi connectivity index (χ1n) is 5.58. The average Bonchev–Trinajstić information content (AvgIpc) is 2.61. The van der Waals surface area contributed by atoms with Gasteiger partial charge >= 0.3 is 0 Å². The van der Waals surface area contributed by atoms with Crippen LogP contribution in [0.4, 0.5) is 0 Å². The molecule has 0 fully saturated rings. The van der Waals surface area contributed by atoms with E-state index in [-0.39, 0.29) is 23.7 Å². The molecule has 0 aromatic carbocycles. The van der Waals surface area contributed by atoms with Crippen molar-refractivity contribution in [1.82, 2.24) is 5.32 Å². The van der Waals surface area contributed by atoms with Gasteiger partial charge < -0.3 is 11.1 Å². The number of carbonyl (C=O) groups excluding carboxylic acids is 1. The number of amides is 1. The fourth-order valence-electron chi connectivity index (χ4n) is 1.30. The zero-order valence-corrected chi connectivity index (χ0v) is 13.2. The van der Waals surface area contributed by atoms with Gasteiger partial charge in [-0.3, -0.25) is 4.79 Å². The highest BCUT2D eigenvalue weighted by molar-refractivity contribution is 7.16. The number of hydrogen-bond acceptors (Lipinski definition) is 3. The molecule has 0 aliphatic rings. The predicted octanol–water partition coefficient (Wildman–Crippen LogP) is 2.86. The molecule has 1 amide bonds. The average molecular weight is 311 g/mol. The first-order valence-corrected chi connectivity index (χ1v) is 6.77. The fraction of sp³-hybridized carbons (Fsp3) is 0.583.